The Morgan fingerprint density at radius 2 is 0.914 bits per heavy atom. The van der Waals surface area contributed by atoms with Gasteiger partial charge in [0, 0.05) is 55.4 Å². The summed E-state index contributed by atoms with van der Waals surface area (Å²) in [6, 6.07) is 38.2. The van der Waals surface area contributed by atoms with Gasteiger partial charge in [0.2, 0.25) is 0 Å². The Bertz CT molecular complexity index is 1770. The number of benzene rings is 4. The van der Waals surface area contributed by atoms with Crippen LogP contribution in [0.5, 0.6) is 23.0 Å². The minimum absolute atomic E-state index is 0. The van der Waals surface area contributed by atoms with Gasteiger partial charge in [-0.3, -0.25) is 4.98 Å². The summed E-state index contributed by atoms with van der Waals surface area (Å²) >= 11 is 4.97. The lowest BCUT2D eigenvalue weighted by atomic mass is 10.1. The van der Waals surface area contributed by atoms with E-state index in [0.29, 0.717) is 19.3 Å². The zero-order valence-corrected chi connectivity index (χ0v) is 33.3. The second kappa shape index (κ2) is 30.8. The van der Waals surface area contributed by atoms with Crippen LogP contribution in [0.3, 0.4) is 0 Å². The molecule has 0 fully saturated rings. The van der Waals surface area contributed by atoms with E-state index in [2.05, 4.69) is 14.7 Å². The summed E-state index contributed by atoms with van der Waals surface area (Å²) in [5.41, 5.74) is 2.94. The standard InChI is InChI=1S/C17H18O5.C9H9ClO3.C8H10O2.2C5H5N.ClH/c18-15-5-1-13(2-6-15)9-11-21-17(20)22-12-10-14-3-7-16(19)8-4-14;10-9(12)13-6-5-7-1-3-8(11)4-2-7;1-6(9)7-2-4-8(10)5-3-7;2*1-2-4-6-5-3-1;/h1-8,18-19H,9-12H2;1-4,11H,5-6H2;2-6,9-10H,1H3;2*1-5H;1H. The highest BCUT2D eigenvalue weighted by Crippen LogP contribution is 2.16. The molecule has 2 aromatic heterocycles. The van der Waals surface area contributed by atoms with Crippen LogP contribution in [-0.2, 0) is 33.5 Å². The maximum atomic E-state index is 11.4. The SMILES string of the molecule is CC(O)c1ccc(O)cc1.O=C(Cl)OCCc1ccc(O)cc1.O=C(OCCc1ccc(O)cc1)OCCc1ccc(O)cc1.[Cl-].c1cc[nH+]cc1.c1ccncc1. The van der Waals surface area contributed by atoms with E-state index >= 15 is 0 Å². The summed E-state index contributed by atoms with van der Waals surface area (Å²) in [6.07, 6.45) is 7.82. The molecule has 0 saturated heterocycles. The number of aromatic amines is 1. The molecule has 2 heterocycles. The first-order valence-electron chi connectivity index (χ1n) is 17.7. The van der Waals surface area contributed by atoms with Gasteiger partial charge in [0.25, 0.3) is 0 Å². The number of nitrogens with one attached hydrogen (secondary N) is 1. The number of hydrogen-bond acceptors (Lipinski definition) is 11. The Labute approximate surface area is 349 Å². The lowest BCUT2D eigenvalue weighted by Gasteiger charge is -2.07. The van der Waals surface area contributed by atoms with E-state index < -0.39 is 17.7 Å². The van der Waals surface area contributed by atoms with Gasteiger partial charge in [-0.1, -0.05) is 60.7 Å². The second-order valence-electron chi connectivity index (χ2n) is 11.7. The number of phenolic OH excluding ortho intramolecular Hbond substituents is 4. The molecule has 0 aliphatic heterocycles. The van der Waals surface area contributed by atoms with Gasteiger partial charge in [0.1, 0.15) is 23.0 Å². The fraction of sp³-hybridized carbons (Fsp3) is 0.182. The molecule has 0 aliphatic carbocycles. The summed E-state index contributed by atoms with van der Waals surface area (Å²) in [4.78, 5) is 28.3. The van der Waals surface area contributed by atoms with Crippen molar-refractivity contribution < 1.29 is 66.7 Å². The first-order chi connectivity index (χ1) is 27.5. The van der Waals surface area contributed by atoms with Crippen LogP contribution in [0.4, 0.5) is 9.59 Å². The smallest absolute Gasteiger partial charge is 0.508 e. The Morgan fingerprint density at radius 3 is 1.17 bits per heavy atom. The van der Waals surface area contributed by atoms with Crippen LogP contribution < -0.4 is 17.4 Å². The lowest BCUT2D eigenvalue weighted by molar-refractivity contribution is -0.377. The number of H-pyrrole nitrogens is 1. The molecule has 14 heteroatoms. The Balaban J connectivity index is 0.000000396. The third-order valence-corrected chi connectivity index (χ3v) is 7.29. The molecule has 0 spiro atoms. The highest BCUT2D eigenvalue weighted by atomic mass is 35.5. The predicted octanol–water partition coefficient (Wildman–Crippen LogP) is 5.38. The predicted molar refractivity (Wildman–Crippen MR) is 216 cm³/mol. The number of aromatic hydroxyl groups is 4. The lowest BCUT2D eigenvalue weighted by Crippen LogP contribution is -3.00. The first kappa shape index (κ1) is 49.7. The molecule has 0 aliphatic rings. The molecule has 4 aromatic carbocycles. The minimum Gasteiger partial charge on any atom is -1.00 e. The molecule has 6 rings (SSSR count). The number of aliphatic hydroxyl groups is 1. The number of rotatable bonds is 10. The van der Waals surface area contributed by atoms with Crippen LogP contribution in [0.2, 0.25) is 0 Å². The fourth-order valence-corrected chi connectivity index (χ4v) is 4.27. The summed E-state index contributed by atoms with van der Waals surface area (Å²) in [7, 11) is 0. The quantitative estimate of drug-likeness (QED) is 0.0881. The van der Waals surface area contributed by atoms with Gasteiger partial charge in [-0.15, -0.1) is 0 Å². The molecule has 6 N–H and O–H groups in total. The summed E-state index contributed by atoms with van der Waals surface area (Å²) in [5, 5.41) is 45.2. The van der Waals surface area contributed by atoms with Crippen molar-refractivity contribution in [3.8, 4) is 23.0 Å². The fourth-order valence-electron chi connectivity index (χ4n) is 4.19. The van der Waals surface area contributed by atoms with Crippen LogP contribution in [0.1, 0.15) is 35.3 Å². The number of nitrogens with zero attached hydrogens (tertiary/aromatic N) is 1. The van der Waals surface area contributed by atoms with E-state index in [-0.39, 0.29) is 55.2 Å². The Kier molecular flexibility index (Phi) is 26.4. The average Bonchev–Trinajstić information content (AvgIpc) is 3.22. The molecule has 0 bridgehead atoms. The number of aromatic nitrogens is 2. The van der Waals surface area contributed by atoms with E-state index in [1.807, 2.05) is 48.8 Å². The molecule has 6 aromatic rings. The monoisotopic (exact) mass is 834 g/mol. The number of hydrogen-bond donors (Lipinski definition) is 5. The molecule has 1 unspecified atom stereocenters. The van der Waals surface area contributed by atoms with E-state index in [1.54, 1.807) is 116 Å². The molecule has 0 saturated carbocycles. The van der Waals surface area contributed by atoms with Gasteiger partial charge < -0.3 is 52.2 Å². The highest BCUT2D eigenvalue weighted by Gasteiger charge is 2.05. The number of halogens is 2. The van der Waals surface area contributed by atoms with E-state index in [9.17, 15) is 9.59 Å². The van der Waals surface area contributed by atoms with Crippen molar-refractivity contribution in [3.05, 3.63) is 181 Å². The Morgan fingerprint density at radius 1 is 0.569 bits per heavy atom. The molecule has 0 radical (unpaired) electrons. The van der Waals surface area contributed by atoms with Crippen molar-refractivity contribution in [1.82, 2.24) is 4.98 Å². The van der Waals surface area contributed by atoms with Crippen molar-refractivity contribution in [2.75, 3.05) is 19.8 Å². The number of carbonyl (C=O) groups is 2. The van der Waals surface area contributed by atoms with Crippen LogP contribution in [0.15, 0.2) is 158 Å². The molecule has 12 nitrogen and oxygen atoms in total. The van der Waals surface area contributed by atoms with Gasteiger partial charge in [0.15, 0.2) is 12.4 Å². The van der Waals surface area contributed by atoms with E-state index in [1.165, 1.54) is 0 Å². The van der Waals surface area contributed by atoms with Crippen molar-refractivity contribution in [1.29, 1.82) is 0 Å². The first-order valence-corrected chi connectivity index (χ1v) is 18.1. The van der Waals surface area contributed by atoms with Crippen molar-refractivity contribution in [2.24, 2.45) is 0 Å². The molecule has 308 valence electrons. The van der Waals surface area contributed by atoms with Gasteiger partial charge in [-0.05, 0) is 89.8 Å². The largest absolute Gasteiger partial charge is 1.00 e. The van der Waals surface area contributed by atoms with Gasteiger partial charge in [-0.2, -0.15) is 0 Å². The van der Waals surface area contributed by atoms with Crippen molar-refractivity contribution in [3.63, 3.8) is 0 Å². The summed E-state index contributed by atoms with van der Waals surface area (Å²) in [5.74, 6) is 0.860. The third-order valence-electron chi connectivity index (χ3n) is 7.19. The van der Waals surface area contributed by atoms with Crippen molar-refractivity contribution in [2.45, 2.75) is 32.3 Å². The number of carbonyl (C=O) groups excluding carboxylic acids is 2. The maximum Gasteiger partial charge on any atom is 0.508 e. The molecular formula is C44H48Cl2N2O10. The summed E-state index contributed by atoms with van der Waals surface area (Å²) < 4.78 is 14.5. The van der Waals surface area contributed by atoms with Crippen LogP contribution in [0.25, 0.3) is 0 Å². The summed E-state index contributed by atoms with van der Waals surface area (Å²) in [6.45, 7) is 2.39. The van der Waals surface area contributed by atoms with Crippen molar-refractivity contribution >= 4 is 23.2 Å². The van der Waals surface area contributed by atoms with Crippen LogP contribution in [-0.4, -0.2) is 61.9 Å². The highest BCUT2D eigenvalue weighted by molar-refractivity contribution is 6.61. The Hall–Kier alpha value is -6.34. The zero-order valence-electron chi connectivity index (χ0n) is 31.8. The molecule has 0 amide bonds. The zero-order chi connectivity index (χ0) is 41.5. The van der Waals surface area contributed by atoms with Crippen LogP contribution >= 0.6 is 11.6 Å². The molecule has 1 atom stereocenters. The maximum absolute atomic E-state index is 11.4. The second-order valence-corrected chi connectivity index (χ2v) is 12.0. The van der Waals surface area contributed by atoms with Gasteiger partial charge in [-0.25, -0.2) is 14.6 Å². The number of ether oxygens (including phenoxy) is 3. The van der Waals surface area contributed by atoms with Gasteiger partial charge >= 0.3 is 11.6 Å². The van der Waals surface area contributed by atoms with E-state index in [0.717, 1.165) is 22.3 Å². The average molecular weight is 836 g/mol. The number of phenols is 4. The number of aliphatic hydroxyl groups excluding tert-OH is 1. The molecular weight excluding hydrogens is 787 g/mol. The number of pyridine rings is 2. The topological polar surface area (TPSA) is 190 Å². The van der Waals surface area contributed by atoms with Gasteiger partial charge in [0.05, 0.1) is 25.9 Å². The normalized spacial score (nSPS) is 9.91. The van der Waals surface area contributed by atoms with Crippen LogP contribution in [0, 0.1) is 0 Å². The molecule has 58 heavy (non-hydrogen) atoms. The minimum atomic E-state index is -0.793. The van der Waals surface area contributed by atoms with E-state index in [4.69, 9.17) is 46.6 Å². The third kappa shape index (κ3) is 25.7.